The first kappa shape index (κ1) is 44.5. The molecule has 61 heavy (non-hydrogen) atoms. The Morgan fingerprint density at radius 2 is 1.52 bits per heavy atom. The third-order valence-corrected chi connectivity index (χ3v) is 9.99. The smallest absolute Gasteiger partial charge is 0.270 e. The average molecular weight is 845 g/mol. The Labute approximate surface area is 351 Å². The molecule has 6 rings (SSSR count). The number of likely N-dealkylation sites (N-methyl/N-ethyl adjacent to an activating group) is 1. The monoisotopic (exact) mass is 844 g/mol. The Balaban J connectivity index is 0.827. The van der Waals surface area contributed by atoms with Gasteiger partial charge >= 0.3 is 0 Å². The molecule has 0 bridgehead atoms. The number of allylic oxidation sites excluding steroid dienone is 1. The van der Waals surface area contributed by atoms with Crippen LogP contribution in [0, 0.1) is 0 Å². The molecule has 0 fully saturated rings. The van der Waals surface area contributed by atoms with Crippen molar-refractivity contribution in [1.82, 2.24) is 29.9 Å². The lowest BCUT2D eigenvalue weighted by molar-refractivity contribution is -0.124. The molecule has 2 aromatic heterocycles. The number of carbonyl (C=O) groups is 4. The van der Waals surface area contributed by atoms with E-state index < -0.39 is 29.7 Å². The number of ether oxygens (including phenoxy) is 5. The summed E-state index contributed by atoms with van der Waals surface area (Å²) in [6.45, 7) is 7.49. The summed E-state index contributed by atoms with van der Waals surface area (Å²) in [5, 5.41) is 11.6. The predicted octanol–water partition coefficient (Wildman–Crippen LogP) is 5.18. The van der Waals surface area contributed by atoms with E-state index >= 15 is 0 Å². The molecular weight excluding hydrogens is 795 g/mol. The quantitative estimate of drug-likeness (QED) is 0.0481. The van der Waals surface area contributed by atoms with Crippen LogP contribution in [0.1, 0.15) is 56.4 Å². The third-order valence-electron chi connectivity index (χ3n) is 9.99. The molecule has 4 amide bonds. The summed E-state index contributed by atoms with van der Waals surface area (Å²) in [6.07, 6.45) is 4.21. The summed E-state index contributed by atoms with van der Waals surface area (Å²) in [6, 6.07) is 15.3. The van der Waals surface area contributed by atoms with E-state index in [1.54, 1.807) is 60.3 Å². The van der Waals surface area contributed by atoms with Gasteiger partial charge in [0.25, 0.3) is 23.6 Å². The number of nitrogens with zero attached hydrogens (tertiary/aromatic N) is 4. The van der Waals surface area contributed by atoms with Crippen LogP contribution in [0.25, 0.3) is 27.6 Å². The second kappa shape index (κ2) is 20.5. The Bertz CT molecular complexity index is 2360. The number of aryl methyl sites for hydroxylation is 1. The van der Waals surface area contributed by atoms with Gasteiger partial charge in [0, 0.05) is 61.3 Å². The number of rotatable bonds is 24. The van der Waals surface area contributed by atoms with E-state index in [4.69, 9.17) is 23.7 Å². The number of hydrogen-bond donors (Lipinski definition) is 2. The van der Waals surface area contributed by atoms with Gasteiger partial charge < -0.3 is 34.3 Å². The van der Waals surface area contributed by atoms with Crippen molar-refractivity contribution in [2.45, 2.75) is 31.7 Å². The summed E-state index contributed by atoms with van der Waals surface area (Å²) in [4.78, 5) is 53.0. The molecule has 0 aliphatic carbocycles. The molecule has 5 aromatic rings. The van der Waals surface area contributed by atoms with Gasteiger partial charge in [-0.05, 0) is 55.3 Å². The Morgan fingerprint density at radius 3 is 2.16 bits per heavy atom. The largest absolute Gasteiger partial charge is 0.490 e. The zero-order chi connectivity index (χ0) is 43.5. The minimum Gasteiger partial charge on any atom is -0.490 e. The Kier molecular flexibility index (Phi) is 15.0. The molecule has 1 atom stereocenters. The van der Waals surface area contributed by atoms with Gasteiger partial charge in [0.05, 0.1) is 69.5 Å². The zero-order valence-corrected chi connectivity index (χ0v) is 34.4. The maximum absolute atomic E-state index is 13.8. The van der Waals surface area contributed by atoms with E-state index in [-0.39, 0.29) is 48.0 Å². The fraction of sp³-hybridized carbons (Fsp3) is 0.386. The number of amides is 4. The van der Waals surface area contributed by atoms with Gasteiger partial charge in [0.1, 0.15) is 18.4 Å². The number of aromatic nitrogens is 3. The number of alkyl halides is 2. The number of nitrogens with one attached hydrogen (secondary N) is 2. The zero-order valence-electron chi connectivity index (χ0n) is 34.4. The van der Waals surface area contributed by atoms with Crippen molar-refractivity contribution in [3.63, 3.8) is 0 Å². The van der Waals surface area contributed by atoms with Gasteiger partial charge in [0.15, 0.2) is 5.65 Å². The maximum Gasteiger partial charge on any atom is 0.270 e. The lowest BCUT2D eigenvalue weighted by Crippen LogP contribution is -2.48. The fourth-order valence-electron chi connectivity index (χ4n) is 7.01. The van der Waals surface area contributed by atoms with Crippen LogP contribution in [0.4, 0.5) is 8.78 Å². The van der Waals surface area contributed by atoms with Crippen molar-refractivity contribution < 1.29 is 51.6 Å². The van der Waals surface area contributed by atoms with Gasteiger partial charge in [-0.25, -0.2) is 8.78 Å². The first-order valence-corrected chi connectivity index (χ1v) is 20.0. The van der Waals surface area contributed by atoms with E-state index in [0.29, 0.717) is 76.1 Å². The van der Waals surface area contributed by atoms with Crippen molar-refractivity contribution in [3.05, 3.63) is 102 Å². The van der Waals surface area contributed by atoms with Crippen molar-refractivity contribution in [2.75, 3.05) is 73.1 Å². The summed E-state index contributed by atoms with van der Waals surface area (Å²) in [5.41, 5.74) is 2.83. The molecule has 3 aromatic carbocycles. The van der Waals surface area contributed by atoms with Crippen LogP contribution in [-0.4, -0.2) is 122 Å². The summed E-state index contributed by atoms with van der Waals surface area (Å²) >= 11 is 0. The molecule has 0 saturated heterocycles. The summed E-state index contributed by atoms with van der Waals surface area (Å²) in [5.74, 6) is -4.52. The van der Waals surface area contributed by atoms with Gasteiger partial charge in [-0.15, -0.1) is 6.58 Å². The standard InChI is InChI=1S/C44H50F2N6O9/c1-5-6-9-36(41(54)47-3)52-42(55)32-8-7-10-37(38(32)43(52)56)61-26-25-60-24-23-59-22-21-58-20-19-57-18-17-48-40(53)29-11-16-35-33(27-29)34-28-50(4)49-39(34)51(35)31-14-12-30(13-15-31)44(2,45)46/h5,7-8,10-16,27-28,36H,1,6,9,17-26H2,2-4H3,(H,47,54)(H,48,53). The SMILES string of the molecule is C=CCCC(C(=O)NC)N1C(=O)c2cccc(OCCOCCOCCOCCOCCNC(=O)c3ccc4c(c3)c3cn(C)nc3n4-c3ccc(C(C)(F)F)cc3)c2C1=O. The molecule has 1 unspecified atom stereocenters. The van der Waals surface area contributed by atoms with Gasteiger partial charge in [0.2, 0.25) is 5.91 Å². The van der Waals surface area contributed by atoms with Gasteiger partial charge in [-0.1, -0.05) is 24.3 Å². The molecule has 3 heterocycles. The van der Waals surface area contributed by atoms with E-state index in [2.05, 4.69) is 22.3 Å². The number of imide groups is 1. The van der Waals surface area contributed by atoms with Crippen molar-refractivity contribution in [2.24, 2.45) is 7.05 Å². The number of carbonyl (C=O) groups excluding carboxylic acids is 4. The van der Waals surface area contributed by atoms with Gasteiger partial charge in [-0.3, -0.25) is 33.3 Å². The Morgan fingerprint density at radius 1 is 0.869 bits per heavy atom. The van der Waals surface area contributed by atoms with Gasteiger partial charge in [-0.2, -0.15) is 5.10 Å². The number of hydrogen-bond acceptors (Lipinski definition) is 10. The molecular formula is C44H50F2N6O9. The predicted molar refractivity (Wildman–Crippen MR) is 222 cm³/mol. The van der Waals surface area contributed by atoms with E-state index in [0.717, 1.165) is 28.1 Å². The average Bonchev–Trinajstić information content (AvgIpc) is 3.86. The molecule has 324 valence electrons. The van der Waals surface area contributed by atoms with Crippen LogP contribution in [-0.2, 0) is 36.7 Å². The van der Waals surface area contributed by atoms with Crippen LogP contribution < -0.4 is 15.4 Å². The van der Waals surface area contributed by atoms with Crippen molar-refractivity contribution in [3.8, 4) is 11.4 Å². The number of fused-ring (bicyclic) bond motifs is 4. The number of benzene rings is 3. The highest BCUT2D eigenvalue weighted by Gasteiger charge is 2.44. The lowest BCUT2D eigenvalue weighted by Gasteiger charge is -2.24. The number of halogens is 2. The van der Waals surface area contributed by atoms with E-state index in [1.807, 2.05) is 16.8 Å². The molecule has 2 N–H and O–H groups in total. The van der Waals surface area contributed by atoms with Crippen LogP contribution in [0.5, 0.6) is 5.75 Å². The minimum atomic E-state index is -2.95. The topological polar surface area (TPSA) is 164 Å². The fourth-order valence-corrected chi connectivity index (χ4v) is 7.01. The van der Waals surface area contributed by atoms with Crippen molar-refractivity contribution >= 4 is 45.6 Å². The first-order chi connectivity index (χ1) is 29.4. The third kappa shape index (κ3) is 10.5. The lowest BCUT2D eigenvalue weighted by atomic mass is 10.1. The normalized spacial score (nSPS) is 13.2. The molecule has 1 aliphatic rings. The summed E-state index contributed by atoms with van der Waals surface area (Å²) < 4.78 is 59.3. The summed E-state index contributed by atoms with van der Waals surface area (Å²) in [7, 11) is 3.26. The highest BCUT2D eigenvalue weighted by atomic mass is 19.3. The minimum absolute atomic E-state index is 0.0780. The molecule has 0 spiro atoms. The molecule has 0 saturated carbocycles. The second-order valence-electron chi connectivity index (χ2n) is 14.3. The molecule has 0 radical (unpaired) electrons. The van der Waals surface area contributed by atoms with Crippen LogP contribution in [0.2, 0.25) is 0 Å². The molecule has 15 nitrogen and oxygen atoms in total. The first-order valence-electron chi connectivity index (χ1n) is 20.0. The highest BCUT2D eigenvalue weighted by Crippen LogP contribution is 2.35. The Hall–Kier alpha value is -6.01. The van der Waals surface area contributed by atoms with E-state index in [9.17, 15) is 28.0 Å². The highest BCUT2D eigenvalue weighted by molar-refractivity contribution is 6.24. The van der Waals surface area contributed by atoms with Crippen LogP contribution in [0.15, 0.2) is 79.5 Å². The molecule has 1 aliphatic heterocycles. The van der Waals surface area contributed by atoms with E-state index in [1.165, 1.54) is 19.2 Å². The van der Waals surface area contributed by atoms with Crippen LogP contribution >= 0.6 is 0 Å². The van der Waals surface area contributed by atoms with Crippen molar-refractivity contribution in [1.29, 1.82) is 0 Å². The van der Waals surface area contributed by atoms with Crippen LogP contribution in [0.3, 0.4) is 0 Å². The maximum atomic E-state index is 13.8. The molecule has 17 heteroatoms. The second-order valence-corrected chi connectivity index (χ2v) is 14.3.